The van der Waals surface area contributed by atoms with Crippen LogP contribution in [0.25, 0.3) is 0 Å². The van der Waals surface area contributed by atoms with Crippen molar-refractivity contribution in [3.8, 4) is 5.75 Å². The molecule has 0 saturated heterocycles. The fraction of sp³-hybridized carbons (Fsp3) is 0.158. The molecule has 0 spiro atoms. The molecular formula is C19H20N4O4. The van der Waals surface area contributed by atoms with E-state index in [2.05, 4.69) is 21.2 Å². The second-order valence-corrected chi connectivity index (χ2v) is 5.52. The van der Waals surface area contributed by atoms with Crippen LogP contribution in [0.4, 0.5) is 5.69 Å². The fourth-order valence-electron chi connectivity index (χ4n) is 2.11. The molecule has 0 radical (unpaired) electrons. The lowest BCUT2D eigenvalue weighted by molar-refractivity contribution is -0.138. The zero-order valence-electron chi connectivity index (χ0n) is 15.0. The molecule has 0 bridgehead atoms. The summed E-state index contributed by atoms with van der Waals surface area (Å²) in [5, 5.41) is 8.65. The normalized spacial score (nSPS) is 10.3. The van der Waals surface area contributed by atoms with Crippen LogP contribution in [0.1, 0.15) is 11.1 Å². The van der Waals surface area contributed by atoms with Gasteiger partial charge in [-0.2, -0.15) is 5.10 Å². The van der Waals surface area contributed by atoms with Gasteiger partial charge in [0.2, 0.25) is 0 Å². The molecule has 0 unspecified atom stereocenters. The average molecular weight is 368 g/mol. The Balaban J connectivity index is 1.94. The summed E-state index contributed by atoms with van der Waals surface area (Å²) in [6, 6.07) is 14.3. The van der Waals surface area contributed by atoms with Crippen LogP contribution in [0.2, 0.25) is 0 Å². The van der Waals surface area contributed by atoms with Gasteiger partial charge in [-0.25, -0.2) is 5.43 Å². The molecule has 8 heteroatoms. The SMILES string of the molecule is CNC(=O)C(=O)N/N=C\c1ccccc1OCC(=O)Nc1cccc(C)c1. The highest BCUT2D eigenvalue weighted by Crippen LogP contribution is 2.16. The number of hydrogen-bond donors (Lipinski definition) is 3. The van der Waals surface area contributed by atoms with E-state index < -0.39 is 11.8 Å². The summed E-state index contributed by atoms with van der Waals surface area (Å²) in [4.78, 5) is 34.5. The van der Waals surface area contributed by atoms with Gasteiger partial charge in [0, 0.05) is 18.3 Å². The van der Waals surface area contributed by atoms with Crippen LogP contribution < -0.4 is 20.8 Å². The molecule has 3 N–H and O–H groups in total. The maximum Gasteiger partial charge on any atom is 0.329 e. The van der Waals surface area contributed by atoms with E-state index in [1.165, 1.54) is 13.3 Å². The van der Waals surface area contributed by atoms with Gasteiger partial charge in [0.15, 0.2) is 6.61 Å². The van der Waals surface area contributed by atoms with Crippen LogP contribution in [0.15, 0.2) is 53.6 Å². The number of amides is 3. The van der Waals surface area contributed by atoms with Crippen molar-refractivity contribution in [3.63, 3.8) is 0 Å². The molecule has 8 nitrogen and oxygen atoms in total. The molecule has 2 rings (SSSR count). The van der Waals surface area contributed by atoms with E-state index >= 15 is 0 Å². The van der Waals surface area contributed by atoms with Crippen molar-refractivity contribution in [2.45, 2.75) is 6.92 Å². The number of rotatable bonds is 6. The lowest BCUT2D eigenvalue weighted by atomic mass is 10.2. The summed E-state index contributed by atoms with van der Waals surface area (Å²) in [7, 11) is 1.34. The largest absolute Gasteiger partial charge is 0.483 e. The van der Waals surface area contributed by atoms with Gasteiger partial charge in [-0.3, -0.25) is 14.4 Å². The molecule has 0 aliphatic heterocycles. The Bertz CT molecular complexity index is 864. The summed E-state index contributed by atoms with van der Waals surface area (Å²) in [6.45, 7) is 1.74. The monoisotopic (exact) mass is 368 g/mol. The van der Waals surface area contributed by atoms with E-state index in [-0.39, 0.29) is 12.5 Å². The second kappa shape index (κ2) is 9.71. The van der Waals surface area contributed by atoms with Crippen molar-refractivity contribution >= 4 is 29.6 Å². The fourth-order valence-corrected chi connectivity index (χ4v) is 2.11. The van der Waals surface area contributed by atoms with Gasteiger partial charge in [0.1, 0.15) is 5.75 Å². The Hall–Kier alpha value is -3.68. The number of carbonyl (C=O) groups excluding carboxylic acids is 3. The Labute approximate surface area is 156 Å². The number of para-hydroxylation sites is 1. The first-order valence-electron chi connectivity index (χ1n) is 8.13. The standard InChI is InChI=1S/C19H20N4O4/c1-13-6-5-8-15(10-13)22-17(24)12-27-16-9-4-3-7-14(16)11-21-23-19(26)18(25)20-2/h3-11H,12H2,1-2H3,(H,20,25)(H,22,24)(H,23,26)/b21-11-. The van der Waals surface area contributed by atoms with E-state index in [1.807, 2.05) is 25.1 Å². The van der Waals surface area contributed by atoms with Crippen molar-refractivity contribution in [3.05, 3.63) is 59.7 Å². The predicted octanol–water partition coefficient (Wildman–Crippen LogP) is 1.21. The van der Waals surface area contributed by atoms with Crippen LogP contribution in [0, 0.1) is 6.92 Å². The summed E-state index contributed by atoms with van der Waals surface area (Å²) in [5.74, 6) is -1.58. The van der Waals surface area contributed by atoms with E-state index in [9.17, 15) is 14.4 Å². The van der Waals surface area contributed by atoms with E-state index in [4.69, 9.17) is 4.74 Å². The lowest BCUT2D eigenvalue weighted by Gasteiger charge is -2.10. The van der Waals surface area contributed by atoms with Gasteiger partial charge in [-0.05, 0) is 36.8 Å². The number of hydrazone groups is 1. The van der Waals surface area contributed by atoms with Crippen molar-refractivity contribution in [1.82, 2.24) is 10.7 Å². The number of nitrogens with one attached hydrogen (secondary N) is 3. The highest BCUT2D eigenvalue weighted by molar-refractivity contribution is 6.35. The molecule has 2 aromatic rings. The van der Waals surface area contributed by atoms with Crippen LogP contribution in [-0.4, -0.2) is 37.6 Å². The number of ether oxygens (including phenoxy) is 1. The van der Waals surface area contributed by atoms with E-state index in [0.29, 0.717) is 17.0 Å². The van der Waals surface area contributed by atoms with Crippen LogP contribution in [0.3, 0.4) is 0 Å². The van der Waals surface area contributed by atoms with Crippen molar-refractivity contribution < 1.29 is 19.1 Å². The van der Waals surface area contributed by atoms with Crippen LogP contribution in [-0.2, 0) is 14.4 Å². The second-order valence-electron chi connectivity index (χ2n) is 5.52. The molecule has 140 valence electrons. The first kappa shape index (κ1) is 19.6. The maximum atomic E-state index is 12.0. The Morgan fingerprint density at radius 2 is 1.85 bits per heavy atom. The van der Waals surface area contributed by atoms with Crippen LogP contribution >= 0.6 is 0 Å². The van der Waals surface area contributed by atoms with Gasteiger partial charge < -0.3 is 15.4 Å². The molecule has 0 fully saturated rings. The molecule has 0 saturated carbocycles. The first-order valence-corrected chi connectivity index (χ1v) is 8.13. The minimum atomic E-state index is -0.885. The Kier molecular flexibility index (Phi) is 7.07. The van der Waals surface area contributed by atoms with Crippen molar-refractivity contribution in [1.29, 1.82) is 0 Å². The Morgan fingerprint density at radius 3 is 2.59 bits per heavy atom. The zero-order valence-corrected chi connectivity index (χ0v) is 15.0. The third kappa shape index (κ3) is 6.28. The van der Waals surface area contributed by atoms with Gasteiger partial charge in [-0.1, -0.05) is 24.3 Å². The summed E-state index contributed by atoms with van der Waals surface area (Å²) >= 11 is 0. The van der Waals surface area contributed by atoms with Gasteiger partial charge in [-0.15, -0.1) is 0 Å². The molecule has 0 atom stereocenters. The summed E-state index contributed by atoms with van der Waals surface area (Å²) in [5.41, 5.74) is 4.36. The molecular weight excluding hydrogens is 348 g/mol. The van der Waals surface area contributed by atoms with Crippen molar-refractivity contribution in [2.75, 3.05) is 19.0 Å². The molecule has 0 heterocycles. The maximum absolute atomic E-state index is 12.0. The quantitative estimate of drug-likeness (QED) is 0.404. The Morgan fingerprint density at radius 1 is 1.07 bits per heavy atom. The molecule has 0 aliphatic rings. The third-order valence-electron chi connectivity index (χ3n) is 3.38. The van der Waals surface area contributed by atoms with Gasteiger partial charge >= 0.3 is 11.8 Å². The minimum absolute atomic E-state index is 0.191. The topological polar surface area (TPSA) is 109 Å². The molecule has 27 heavy (non-hydrogen) atoms. The first-order chi connectivity index (χ1) is 13.0. The number of benzene rings is 2. The van der Waals surface area contributed by atoms with Crippen LogP contribution in [0.5, 0.6) is 5.75 Å². The zero-order chi connectivity index (χ0) is 19.6. The highest BCUT2D eigenvalue weighted by Gasteiger charge is 2.09. The number of carbonyl (C=O) groups is 3. The van der Waals surface area contributed by atoms with E-state index in [0.717, 1.165) is 5.56 Å². The molecule has 3 amide bonds. The molecule has 0 aromatic heterocycles. The number of likely N-dealkylation sites (N-methyl/N-ethyl adjacent to an activating group) is 1. The molecule has 2 aromatic carbocycles. The third-order valence-corrected chi connectivity index (χ3v) is 3.38. The van der Waals surface area contributed by atoms with E-state index in [1.54, 1.807) is 30.3 Å². The van der Waals surface area contributed by atoms with Gasteiger partial charge in [0.25, 0.3) is 5.91 Å². The summed E-state index contributed by atoms with van der Waals surface area (Å²) < 4.78 is 5.53. The highest BCUT2D eigenvalue weighted by atomic mass is 16.5. The molecule has 0 aliphatic carbocycles. The summed E-state index contributed by atoms with van der Waals surface area (Å²) in [6.07, 6.45) is 1.33. The number of anilines is 1. The number of nitrogens with zero attached hydrogens (tertiary/aromatic N) is 1. The van der Waals surface area contributed by atoms with Gasteiger partial charge in [0.05, 0.1) is 6.21 Å². The number of aryl methyl sites for hydroxylation is 1. The average Bonchev–Trinajstić information content (AvgIpc) is 2.66. The lowest BCUT2D eigenvalue weighted by Crippen LogP contribution is -2.35. The number of hydrogen-bond acceptors (Lipinski definition) is 5. The smallest absolute Gasteiger partial charge is 0.329 e. The predicted molar refractivity (Wildman–Crippen MR) is 102 cm³/mol. The van der Waals surface area contributed by atoms with Crippen molar-refractivity contribution in [2.24, 2.45) is 5.10 Å². The minimum Gasteiger partial charge on any atom is -0.483 e.